The summed E-state index contributed by atoms with van der Waals surface area (Å²) in [6, 6.07) is 9.19. The van der Waals surface area contributed by atoms with Crippen molar-refractivity contribution in [2.24, 2.45) is 0 Å². The Kier molecular flexibility index (Phi) is 5.22. The van der Waals surface area contributed by atoms with Gasteiger partial charge in [-0.05, 0) is 36.5 Å². The van der Waals surface area contributed by atoms with E-state index in [4.69, 9.17) is 20.5 Å². The topological polar surface area (TPSA) is 72.4 Å². The van der Waals surface area contributed by atoms with Crippen molar-refractivity contribution in [2.75, 3.05) is 6.54 Å². The summed E-state index contributed by atoms with van der Waals surface area (Å²) in [5.41, 5.74) is 1.83. The van der Waals surface area contributed by atoms with Gasteiger partial charge in [-0.25, -0.2) is 4.98 Å². The highest BCUT2D eigenvalue weighted by molar-refractivity contribution is 6.30. The quantitative estimate of drug-likeness (QED) is 0.603. The third-order valence-corrected chi connectivity index (χ3v) is 5.20. The van der Waals surface area contributed by atoms with Gasteiger partial charge in [0.15, 0.2) is 0 Å². The molecule has 1 amide bonds. The van der Waals surface area contributed by atoms with Crippen molar-refractivity contribution in [1.29, 1.82) is 0 Å². The van der Waals surface area contributed by atoms with Gasteiger partial charge in [0, 0.05) is 24.1 Å². The van der Waals surface area contributed by atoms with Crippen LogP contribution in [-0.2, 0) is 6.42 Å². The molecule has 1 saturated heterocycles. The van der Waals surface area contributed by atoms with E-state index in [0.717, 1.165) is 29.9 Å². The van der Waals surface area contributed by atoms with Crippen molar-refractivity contribution in [1.82, 2.24) is 15.0 Å². The van der Waals surface area contributed by atoms with E-state index < -0.39 is 0 Å². The zero-order valence-corrected chi connectivity index (χ0v) is 16.6. The van der Waals surface area contributed by atoms with Crippen LogP contribution >= 0.6 is 11.6 Å². The smallest absolute Gasteiger partial charge is 0.293 e. The first-order chi connectivity index (χ1) is 13.5. The van der Waals surface area contributed by atoms with E-state index in [1.54, 1.807) is 17.2 Å². The Morgan fingerprint density at radius 2 is 2.21 bits per heavy atom. The molecule has 1 aliphatic rings. The molecule has 0 aliphatic carbocycles. The molecule has 1 aliphatic heterocycles. The van der Waals surface area contributed by atoms with Crippen molar-refractivity contribution < 1.29 is 13.7 Å². The number of carbonyl (C=O) groups excluding carboxylic acids is 1. The molecule has 3 heterocycles. The lowest BCUT2D eigenvalue weighted by Gasteiger charge is -2.20. The van der Waals surface area contributed by atoms with Gasteiger partial charge in [0.05, 0.1) is 11.9 Å². The number of aromatic nitrogens is 2. The Bertz CT molecular complexity index is 979. The number of likely N-dealkylation sites (tertiary alicyclic amines) is 1. The van der Waals surface area contributed by atoms with Crippen LogP contribution in [0.25, 0.3) is 0 Å². The highest BCUT2D eigenvalue weighted by atomic mass is 35.5. The average Bonchev–Trinajstić information content (AvgIpc) is 3.41. The van der Waals surface area contributed by atoms with Crippen molar-refractivity contribution in [3.8, 4) is 0 Å². The van der Waals surface area contributed by atoms with Crippen molar-refractivity contribution in [3.05, 3.63) is 70.2 Å². The maximum atomic E-state index is 12.9. The van der Waals surface area contributed by atoms with Gasteiger partial charge in [-0.3, -0.25) is 4.79 Å². The molecule has 7 heteroatoms. The summed E-state index contributed by atoms with van der Waals surface area (Å²) >= 11 is 6.05. The van der Waals surface area contributed by atoms with E-state index >= 15 is 0 Å². The van der Waals surface area contributed by atoms with Crippen LogP contribution in [0.3, 0.4) is 0 Å². The first kappa shape index (κ1) is 18.7. The van der Waals surface area contributed by atoms with E-state index in [2.05, 4.69) is 10.1 Å². The Morgan fingerprint density at radius 1 is 1.36 bits per heavy atom. The first-order valence-electron chi connectivity index (χ1n) is 9.48. The molecule has 0 bridgehead atoms. The van der Waals surface area contributed by atoms with Crippen molar-refractivity contribution in [2.45, 2.75) is 45.1 Å². The van der Waals surface area contributed by atoms with Crippen LogP contribution in [0.5, 0.6) is 0 Å². The SMILES string of the molecule is CC(C)c1cc(C(=O)N2CCC[C@@H]2c2ncc(Cc3cccc(Cl)c3)o2)on1. The van der Waals surface area contributed by atoms with Gasteiger partial charge in [0.25, 0.3) is 5.91 Å². The lowest BCUT2D eigenvalue weighted by atomic mass is 10.1. The molecule has 3 aromatic rings. The van der Waals surface area contributed by atoms with E-state index in [1.165, 1.54) is 0 Å². The summed E-state index contributed by atoms with van der Waals surface area (Å²) in [5, 5.41) is 4.68. The second kappa shape index (κ2) is 7.80. The van der Waals surface area contributed by atoms with E-state index in [1.807, 2.05) is 38.1 Å². The lowest BCUT2D eigenvalue weighted by Crippen LogP contribution is -2.30. The van der Waals surface area contributed by atoms with Gasteiger partial charge < -0.3 is 13.8 Å². The highest BCUT2D eigenvalue weighted by Gasteiger charge is 2.35. The molecule has 6 nitrogen and oxygen atoms in total. The van der Waals surface area contributed by atoms with Crippen LogP contribution in [0.15, 0.2) is 45.5 Å². The molecule has 0 unspecified atom stereocenters. The fourth-order valence-corrected chi connectivity index (χ4v) is 3.69. The first-order valence-corrected chi connectivity index (χ1v) is 9.85. The molecule has 28 heavy (non-hydrogen) atoms. The minimum absolute atomic E-state index is 0.170. The van der Waals surface area contributed by atoms with E-state index in [9.17, 15) is 4.79 Å². The van der Waals surface area contributed by atoms with Gasteiger partial charge in [-0.2, -0.15) is 0 Å². The van der Waals surface area contributed by atoms with Gasteiger partial charge >= 0.3 is 0 Å². The standard InChI is InChI=1S/C21H22ClN3O3/c1-13(2)17-11-19(28-24-17)21(26)25-8-4-7-18(25)20-23-12-16(27-20)10-14-5-3-6-15(22)9-14/h3,5-6,9,11-13,18H,4,7-8,10H2,1-2H3/t18-/m1/s1. The molecule has 1 atom stereocenters. The summed E-state index contributed by atoms with van der Waals surface area (Å²) in [7, 11) is 0. The zero-order chi connectivity index (χ0) is 19.7. The maximum absolute atomic E-state index is 12.9. The van der Waals surface area contributed by atoms with Gasteiger partial charge in [-0.1, -0.05) is 42.7 Å². The Balaban J connectivity index is 1.50. The second-order valence-corrected chi connectivity index (χ2v) is 7.84. The lowest BCUT2D eigenvalue weighted by molar-refractivity contribution is 0.0672. The Morgan fingerprint density at radius 3 is 2.96 bits per heavy atom. The maximum Gasteiger partial charge on any atom is 0.293 e. The predicted molar refractivity (Wildman–Crippen MR) is 104 cm³/mol. The summed E-state index contributed by atoms with van der Waals surface area (Å²) in [4.78, 5) is 19.1. The van der Waals surface area contributed by atoms with Gasteiger partial charge in [0.2, 0.25) is 11.7 Å². The molecule has 0 saturated carbocycles. The molecular weight excluding hydrogens is 378 g/mol. The Hall–Kier alpha value is -2.60. The summed E-state index contributed by atoms with van der Waals surface area (Å²) < 4.78 is 11.3. The number of hydrogen-bond acceptors (Lipinski definition) is 5. The van der Waals surface area contributed by atoms with Crippen LogP contribution in [-0.4, -0.2) is 27.5 Å². The number of benzene rings is 1. The van der Waals surface area contributed by atoms with Crippen LogP contribution < -0.4 is 0 Å². The summed E-state index contributed by atoms with van der Waals surface area (Å²) in [5.74, 6) is 1.61. The minimum Gasteiger partial charge on any atom is -0.443 e. The zero-order valence-electron chi connectivity index (χ0n) is 15.9. The molecule has 0 N–H and O–H groups in total. The number of amides is 1. The van der Waals surface area contributed by atoms with Crippen LogP contribution in [0.4, 0.5) is 0 Å². The van der Waals surface area contributed by atoms with E-state index in [0.29, 0.717) is 23.9 Å². The monoisotopic (exact) mass is 399 g/mol. The van der Waals surface area contributed by atoms with Crippen LogP contribution in [0.1, 0.15) is 72.1 Å². The second-order valence-electron chi connectivity index (χ2n) is 7.40. The fraction of sp³-hybridized carbons (Fsp3) is 0.381. The van der Waals surface area contributed by atoms with Crippen molar-refractivity contribution >= 4 is 17.5 Å². The third kappa shape index (κ3) is 3.83. The third-order valence-electron chi connectivity index (χ3n) is 4.97. The molecule has 1 aromatic carbocycles. The number of halogens is 1. The number of hydrogen-bond donors (Lipinski definition) is 0. The molecule has 146 valence electrons. The van der Waals surface area contributed by atoms with Gasteiger partial charge in [0.1, 0.15) is 11.8 Å². The molecular formula is C21H22ClN3O3. The van der Waals surface area contributed by atoms with Crippen LogP contribution in [0.2, 0.25) is 5.02 Å². The number of oxazole rings is 1. The number of carbonyl (C=O) groups is 1. The van der Waals surface area contributed by atoms with Crippen molar-refractivity contribution in [3.63, 3.8) is 0 Å². The van der Waals surface area contributed by atoms with Gasteiger partial charge in [-0.15, -0.1) is 0 Å². The predicted octanol–water partition coefficient (Wildman–Crippen LogP) is 5.01. The Labute approximate surface area is 168 Å². The average molecular weight is 400 g/mol. The van der Waals surface area contributed by atoms with E-state index in [-0.39, 0.29) is 23.6 Å². The number of nitrogens with zero attached hydrogens (tertiary/aromatic N) is 3. The normalized spacial score (nSPS) is 16.9. The minimum atomic E-state index is -0.187. The molecule has 0 spiro atoms. The molecule has 0 radical (unpaired) electrons. The molecule has 1 fully saturated rings. The van der Waals surface area contributed by atoms with Crippen LogP contribution in [0, 0.1) is 0 Å². The number of rotatable bonds is 5. The summed E-state index contributed by atoms with van der Waals surface area (Å²) in [6.45, 7) is 4.67. The summed E-state index contributed by atoms with van der Waals surface area (Å²) in [6.07, 6.45) is 4.04. The highest BCUT2D eigenvalue weighted by Crippen LogP contribution is 2.33. The molecule has 2 aromatic heterocycles. The fourth-order valence-electron chi connectivity index (χ4n) is 3.48. The largest absolute Gasteiger partial charge is 0.443 e. The molecule has 4 rings (SSSR count).